The van der Waals surface area contributed by atoms with E-state index in [2.05, 4.69) is 24.2 Å². The summed E-state index contributed by atoms with van der Waals surface area (Å²) >= 11 is 0. The fourth-order valence-electron chi connectivity index (χ4n) is 1.86. The lowest BCUT2D eigenvalue weighted by Gasteiger charge is -2.23. The van der Waals surface area contributed by atoms with E-state index in [1.54, 1.807) is 19.2 Å². The maximum absolute atomic E-state index is 12.9. The number of hydrogen-bond donors (Lipinski definition) is 2. The summed E-state index contributed by atoms with van der Waals surface area (Å²) < 4.78 is 18.0. The molecule has 0 saturated carbocycles. The van der Waals surface area contributed by atoms with Gasteiger partial charge in [0.2, 0.25) is 0 Å². The molecule has 0 aliphatic rings. The molecule has 4 nitrogen and oxygen atoms in total. The first-order valence-electron chi connectivity index (χ1n) is 6.66. The zero-order chi connectivity index (χ0) is 15.2. The number of rotatable bonds is 6. The number of nitrogens with zero attached hydrogens (tertiary/aromatic N) is 1. The molecule has 0 saturated heterocycles. The van der Waals surface area contributed by atoms with Crippen molar-refractivity contribution in [1.82, 2.24) is 5.32 Å². The van der Waals surface area contributed by atoms with Gasteiger partial charge in [-0.1, -0.05) is 26.0 Å². The van der Waals surface area contributed by atoms with Gasteiger partial charge in [0, 0.05) is 18.6 Å². The molecule has 0 radical (unpaired) electrons. The molecule has 0 amide bonds. The first kappa shape index (κ1) is 16.4. The number of aliphatic imine (C=N–C) groups is 1. The number of benzene rings is 1. The second kappa shape index (κ2) is 7.24. The van der Waals surface area contributed by atoms with Crippen LogP contribution in [0.5, 0.6) is 0 Å². The molecule has 0 heterocycles. The standard InChI is InChI=1S/C15H24FN3O/c1-11(9-20-4)19-14(17)18-10-15(2,3)12-5-7-13(16)8-6-12/h5-8,11H,9-10H2,1-4H3,(H3,17,18,19). The third-order valence-electron chi connectivity index (χ3n) is 3.08. The van der Waals surface area contributed by atoms with Crippen molar-refractivity contribution in [2.45, 2.75) is 32.2 Å². The van der Waals surface area contributed by atoms with Crippen LogP contribution in [0.3, 0.4) is 0 Å². The third kappa shape index (κ3) is 5.17. The Morgan fingerprint density at radius 1 is 1.40 bits per heavy atom. The lowest BCUT2D eigenvalue weighted by Crippen LogP contribution is -2.41. The number of nitrogens with two attached hydrogens (primary N) is 1. The Morgan fingerprint density at radius 2 is 2.00 bits per heavy atom. The van der Waals surface area contributed by atoms with E-state index in [-0.39, 0.29) is 17.3 Å². The monoisotopic (exact) mass is 281 g/mol. The van der Waals surface area contributed by atoms with Crippen LogP contribution < -0.4 is 11.1 Å². The number of hydrogen-bond acceptors (Lipinski definition) is 2. The van der Waals surface area contributed by atoms with E-state index < -0.39 is 0 Å². The smallest absolute Gasteiger partial charge is 0.188 e. The molecule has 1 atom stereocenters. The molecule has 1 unspecified atom stereocenters. The molecule has 1 aromatic rings. The van der Waals surface area contributed by atoms with Gasteiger partial charge in [-0.3, -0.25) is 4.99 Å². The summed E-state index contributed by atoms with van der Waals surface area (Å²) in [6.07, 6.45) is 0. The van der Waals surface area contributed by atoms with Crippen LogP contribution in [0.4, 0.5) is 4.39 Å². The van der Waals surface area contributed by atoms with Crippen LogP contribution in [0.2, 0.25) is 0 Å². The Bertz CT molecular complexity index is 443. The Labute approximate surface area is 120 Å². The molecule has 0 bridgehead atoms. The number of halogens is 1. The van der Waals surface area contributed by atoms with Gasteiger partial charge in [-0.25, -0.2) is 4.39 Å². The molecule has 0 aliphatic heterocycles. The summed E-state index contributed by atoms with van der Waals surface area (Å²) in [6.45, 7) is 7.16. The summed E-state index contributed by atoms with van der Waals surface area (Å²) in [5.74, 6) is 0.160. The van der Waals surface area contributed by atoms with Gasteiger partial charge in [-0.05, 0) is 24.6 Å². The van der Waals surface area contributed by atoms with Crippen molar-refractivity contribution in [1.29, 1.82) is 0 Å². The van der Waals surface area contributed by atoms with Gasteiger partial charge in [-0.15, -0.1) is 0 Å². The largest absolute Gasteiger partial charge is 0.383 e. The van der Waals surface area contributed by atoms with Crippen molar-refractivity contribution in [3.63, 3.8) is 0 Å². The quantitative estimate of drug-likeness (QED) is 0.619. The van der Waals surface area contributed by atoms with E-state index in [4.69, 9.17) is 10.5 Å². The van der Waals surface area contributed by atoms with Gasteiger partial charge >= 0.3 is 0 Å². The molecule has 0 aromatic heterocycles. The maximum Gasteiger partial charge on any atom is 0.188 e. The average molecular weight is 281 g/mol. The van der Waals surface area contributed by atoms with E-state index in [0.717, 1.165) is 5.56 Å². The van der Waals surface area contributed by atoms with E-state index in [1.807, 2.05) is 6.92 Å². The summed E-state index contributed by atoms with van der Waals surface area (Å²) in [5.41, 5.74) is 6.66. The van der Waals surface area contributed by atoms with Crippen molar-refractivity contribution in [3.05, 3.63) is 35.6 Å². The highest BCUT2D eigenvalue weighted by atomic mass is 19.1. The molecule has 112 valence electrons. The number of nitrogens with one attached hydrogen (secondary N) is 1. The van der Waals surface area contributed by atoms with Crippen LogP contribution in [-0.2, 0) is 10.2 Å². The van der Waals surface area contributed by atoms with Crippen LogP contribution >= 0.6 is 0 Å². The summed E-state index contributed by atoms with van der Waals surface area (Å²) in [4.78, 5) is 4.35. The summed E-state index contributed by atoms with van der Waals surface area (Å²) in [7, 11) is 1.64. The fraction of sp³-hybridized carbons (Fsp3) is 0.533. The van der Waals surface area contributed by atoms with Gasteiger partial charge < -0.3 is 15.8 Å². The normalized spacial score (nSPS) is 14.2. The first-order chi connectivity index (χ1) is 9.35. The molecule has 5 heteroatoms. The van der Waals surface area contributed by atoms with Gasteiger partial charge in [0.05, 0.1) is 13.2 Å². The second-order valence-electron chi connectivity index (χ2n) is 5.59. The highest BCUT2D eigenvalue weighted by Crippen LogP contribution is 2.23. The van der Waals surface area contributed by atoms with Crippen LogP contribution in [0, 0.1) is 5.82 Å². The minimum atomic E-state index is -0.234. The molecule has 1 rings (SSSR count). The first-order valence-corrected chi connectivity index (χ1v) is 6.66. The number of guanidine groups is 1. The Morgan fingerprint density at radius 3 is 2.55 bits per heavy atom. The molecule has 1 aromatic carbocycles. The third-order valence-corrected chi connectivity index (χ3v) is 3.08. The van der Waals surface area contributed by atoms with Gasteiger partial charge in [0.15, 0.2) is 5.96 Å². The molecule has 20 heavy (non-hydrogen) atoms. The fourth-order valence-corrected chi connectivity index (χ4v) is 1.86. The second-order valence-corrected chi connectivity index (χ2v) is 5.59. The zero-order valence-electron chi connectivity index (χ0n) is 12.6. The average Bonchev–Trinajstić information content (AvgIpc) is 2.37. The lowest BCUT2D eigenvalue weighted by molar-refractivity contribution is 0.179. The molecular weight excluding hydrogens is 257 g/mol. The van der Waals surface area contributed by atoms with E-state index >= 15 is 0 Å². The van der Waals surface area contributed by atoms with Crippen molar-refractivity contribution >= 4 is 5.96 Å². The lowest BCUT2D eigenvalue weighted by atomic mass is 9.85. The van der Waals surface area contributed by atoms with Crippen molar-refractivity contribution in [3.8, 4) is 0 Å². The molecule has 0 aliphatic carbocycles. The van der Waals surface area contributed by atoms with E-state index in [1.165, 1.54) is 12.1 Å². The van der Waals surface area contributed by atoms with E-state index in [9.17, 15) is 4.39 Å². The maximum atomic E-state index is 12.9. The summed E-state index contributed by atoms with van der Waals surface area (Å²) in [5, 5.41) is 3.06. The zero-order valence-corrected chi connectivity index (χ0v) is 12.6. The SMILES string of the molecule is COCC(C)NC(N)=NCC(C)(C)c1ccc(F)cc1. The van der Waals surface area contributed by atoms with Gasteiger partial charge in [-0.2, -0.15) is 0 Å². The topological polar surface area (TPSA) is 59.6 Å². The predicted octanol–water partition coefficient (Wildman–Crippen LogP) is 2.04. The van der Waals surface area contributed by atoms with Gasteiger partial charge in [0.1, 0.15) is 5.82 Å². The van der Waals surface area contributed by atoms with E-state index in [0.29, 0.717) is 19.1 Å². The van der Waals surface area contributed by atoms with Crippen LogP contribution in [0.25, 0.3) is 0 Å². The van der Waals surface area contributed by atoms with Crippen molar-refractivity contribution < 1.29 is 9.13 Å². The summed E-state index contributed by atoms with van der Waals surface area (Å²) in [6, 6.07) is 6.59. The highest BCUT2D eigenvalue weighted by molar-refractivity contribution is 5.78. The van der Waals surface area contributed by atoms with Crippen LogP contribution in [0.15, 0.2) is 29.3 Å². The molecule has 0 fully saturated rings. The molecule has 3 N–H and O–H groups in total. The van der Waals surface area contributed by atoms with Crippen molar-refractivity contribution in [2.24, 2.45) is 10.7 Å². The number of ether oxygens (including phenoxy) is 1. The molecular formula is C15H24FN3O. The Balaban J connectivity index is 2.64. The molecule has 0 spiro atoms. The Hall–Kier alpha value is -1.62. The minimum absolute atomic E-state index is 0.109. The van der Waals surface area contributed by atoms with Crippen LogP contribution in [-0.4, -0.2) is 32.3 Å². The van der Waals surface area contributed by atoms with Gasteiger partial charge in [0.25, 0.3) is 0 Å². The van der Waals surface area contributed by atoms with Crippen molar-refractivity contribution in [2.75, 3.05) is 20.3 Å². The van der Waals surface area contributed by atoms with Crippen LogP contribution in [0.1, 0.15) is 26.3 Å². The predicted molar refractivity (Wildman–Crippen MR) is 80.4 cm³/mol. The Kier molecular flexibility index (Phi) is 5.95. The number of methoxy groups -OCH3 is 1. The minimum Gasteiger partial charge on any atom is -0.383 e. The highest BCUT2D eigenvalue weighted by Gasteiger charge is 2.20.